The van der Waals surface area contributed by atoms with Crippen molar-refractivity contribution in [1.82, 2.24) is 0 Å². The molecule has 0 aliphatic carbocycles. The Labute approximate surface area is 79.2 Å². The van der Waals surface area contributed by atoms with E-state index in [9.17, 15) is 0 Å². The van der Waals surface area contributed by atoms with Crippen LogP contribution in [0.4, 0.5) is 11.4 Å². The maximum atomic E-state index is 5.81. The first-order valence-electron chi connectivity index (χ1n) is 4.53. The minimum absolute atomic E-state index is 0.669. The first kappa shape index (κ1) is 9.65. The number of hydrogen-bond donors (Lipinski definition) is 2. The van der Waals surface area contributed by atoms with E-state index in [1.807, 2.05) is 18.2 Å². The summed E-state index contributed by atoms with van der Waals surface area (Å²) in [4.78, 5) is 0. The van der Waals surface area contributed by atoms with E-state index < -0.39 is 0 Å². The summed E-state index contributed by atoms with van der Waals surface area (Å²) in [6.45, 7) is 2.11. The Bertz CT molecular complexity index is 303. The summed E-state index contributed by atoms with van der Waals surface area (Å²) in [6, 6.07) is 5.76. The van der Waals surface area contributed by atoms with Crippen molar-refractivity contribution in [3.8, 4) is 0 Å². The van der Waals surface area contributed by atoms with Crippen LogP contribution < -0.4 is 11.5 Å². The summed E-state index contributed by atoms with van der Waals surface area (Å²) in [5.74, 6) is 0. The van der Waals surface area contributed by atoms with Gasteiger partial charge in [-0.2, -0.15) is 0 Å². The van der Waals surface area contributed by atoms with Gasteiger partial charge in [0, 0.05) is 0 Å². The van der Waals surface area contributed by atoms with E-state index in [1.165, 1.54) is 0 Å². The molecule has 0 heterocycles. The summed E-state index contributed by atoms with van der Waals surface area (Å²) in [5, 5.41) is 0. The van der Waals surface area contributed by atoms with Gasteiger partial charge in [0.25, 0.3) is 0 Å². The van der Waals surface area contributed by atoms with Crippen LogP contribution in [0.15, 0.2) is 30.4 Å². The lowest BCUT2D eigenvalue weighted by Crippen LogP contribution is -1.98. The highest BCUT2D eigenvalue weighted by Crippen LogP contribution is 2.19. The van der Waals surface area contributed by atoms with E-state index in [0.29, 0.717) is 11.4 Å². The van der Waals surface area contributed by atoms with Crippen LogP contribution in [0.2, 0.25) is 0 Å². The van der Waals surface area contributed by atoms with Gasteiger partial charge in [-0.15, -0.1) is 0 Å². The van der Waals surface area contributed by atoms with Gasteiger partial charge < -0.3 is 11.5 Å². The maximum Gasteiger partial charge on any atom is 0.0583 e. The summed E-state index contributed by atoms with van der Waals surface area (Å²) >= 11 is 0. The highest BCUT2D eigenvalue weighted by Gasteiger charge is 1.98. The summed E-state index contributed by atoms with van der Waals surface area (Å²) in [5.41, 5.74) is 14.0. The molecule has 2 heteroatoms. The number of benzene rings is 1. The molecular weight excluding hydrogens is 160 g/mol. The molecule has 1 rings (SSSR count). The van der Waals surface area contributed by atoms with Gasteiger partial charge in [-0.05, 0) is 24.5 Å². The zero-order chi connectivity index (χ0) is 9.68. The third kappa shape index (κ3) is 2.51. The van der Waals surface area contributed by atoms with E-state index in [4.69, 9.17) is 11.5 Å². The van der Waals surface area contributed by atoms with Gasteiger partial charge in [-0.3, -0.25) is 0 Å². The quantitative estimate of drug-likeness (QED) is 0.548. The fourth-order valence-electron chi connectivity index (χ4n) is 1.19. The Morgan fingerprint density at radius 2 is 2.00 bits per heavy atom. The molecule has 70 valence electrons. The van der Waals surface area contributed by atoms with Crippen LogP contribution in [-0.2, 0) is 6.42 Å². The van der Waals surface area contributed by atoms with Crippen molar-refractivity contribution in [1.29, 1.82) is 0 Å². The van der Waals surface area contributed by atoms with Crippen molar-refractivity contribution in [2.75, 3.05) is 11.5 Å². The number of allylic oxidation sites excluding steroid dienone is 2. The standard InChI is InChI=1S/C11H16N2/c1-2-3-4-6-9-7-5-8-10(12)11(9)13/h3-5,7-8H,2,6,12-13H2,1H3/b4-3+. The zero-order valence-electron chi connectivity index (χ0n) is 7.96. The van der Waals surface area contributed by atoms with Gasteiger partial charge in [-0.1, -0.05) is 31.2 Å². The Morgan fingerprint density at radius 1 is 1.23 bits per heavy atom. The van der Waals surface area contributed by atoms with Crippen molar-refractivity contribution >= 4 is 11.4 Å². The molecule has 1 aromatic carbocycles. The minimum atomic E-state index is 0.669. The molecule has 0 saturated heterocycles. The largest absolute Gasteiger partial charge is 0.397 e. The number of para-hydroxylation sites is 1. The van der Waals surface area contributed by atoms with Crippen LogP contribution in [0.5, 0.6) is 0 Å². The Balaban J connectivity index is 2.77. The minimum Gasteiger partial charge on any atom is -0.397 e. The second kappa shape index (κ2) is 4.55. The second-order valence-corrected chi connectivity index (χ2v) is 3.00. The van der Waals surface area contributed by atoms with Crippen molar-refractivity contribution < 1.29 is 0 Å². The molecule has 0 aliphatic heterocycles. The number of rotatable bonds is 3. The highest BCUT2D eigenvalue weighted by molar-refractivity contribution is 5.67. The van der Waals surface area contributed by atoms with E-state index in [-0.39, 0.29) is 0 Å². The lowest BCUT2D eigenvalue weighted by molar-refractivity contribution is 1.18. The van der Waals surface area contributed by atoms with Gasteiger partial charge in [0.05, 0.1) is 11.4 Å². The van der Waals surface area contributed by atoms with Crippen molar-refractivity contribution in [2.24, 2.45) is 0 Å². The maximum absolute atomic E-state index is 5.81. The first-order chi connectivity index (χ1) is 6.25. The fourth-order valence-corrected chi connectivity index (χ4v) is 1.19. The van der Waals surface area contributed by atoms with Crippen molar-refractivity contribution in [2.45, 2.75) is 19.8 Å². The number of anilines is 2. The SMILES string of the molecule is CC/C=C/Cc1cccc(N)c1N. The van der Waals surface area contributed by atoms with Crippen LogP contribution in [0.1, 0.15) is 18.9 Å². The van der Waals surface area contributed by atoms with Crippen LogP contribution in [-0.4, -0.2) is 0 Å². The molecule has 0 spiro atoms. The van der Waals surface area contributed by atoms with Gasteiger partial charge >= 0.3 is 0 Å². The molecule has 0 saturated carbocycles. The topological polar surface area (TPSA) is 52.0 Å². The Morgan fingerprint density at radius 3 is 2.69 bits per heavy atom. The molecule has 0 aromatic heterocycles. The average Bonchev–Trinajstić information content (AvgIpc) is 2.13. The molecule has 1 aromatic rings. The third-order valence-corrected chi connectivity index (χ3v) is 1.97. The van der Waals surface area contributed by atoms with E-state index >= 15 is 0 Å². The predicted molar refractivity (Wildman–Crippen MR) is 58.4 cm³/mol. The molecule has 0 atom stereocenters. The van der Waals surface area contributed by atoms with E-state index in [1.54, 1.807) is 0 Å². The van der Waals surface area contributed by atoms with Gasteiger partial charge in [-0.25, -0.2) is 0 Å². The predicted octanol–water partition coefficient (Wildman–Crippen LogP) is 2.36. The van der Waals surface area contributed by atoms with Crippen LogP contribution >= 0.6 is 0 Å². The normalized spacial score (nSPS) is 10.8. The third-order valence-electron chi connectivity index (χ3n) is 1.97. The summed E-state index contributed by atoms with van der Waals surface area (Å²) < 4.78 is 0. The molecular formula is C11H16N2. The monoisotopic (exact) mass is 176 g/mol. The highest BCUT2D eigenvalue weighted by atomic mass is 14.7. The molecule has 0 bridgehead atoms. The lowest BCUT2D eigenvalue weighted by atomic mass is 10.1. The lowest BCUT2D eigenvalue weighted by Gasteiger charge is -2.04. The molecule has 4 N–H and O–H groups in total. The Kier molecular flexibility index (Phi) is 3.38. The van der Waals surface area contributed by atoms with E-state index in [0.717, 1.165) is 18.4 Å². The number of nitrogen functional groups attached to an aromatic ring is 2. The van der Waals surface area contributed by atoms with Crippen LogP contribution in [0.3, 0.4) is 0 Å². The van der Waals surface area contributed by atoms with Crippen LogP contribution in [0.25, 0.3) is 0 Å². The molecule has 2 nitrogen and oxygen atoms in total. The fraction of sp³-hybridized carbons (Fsp3) is 0.273. The molecule has 0 unspecified atom stereocenters. The number of nitrogens with two attached hydrogens (primary N) is 2. The second-order valence-electron chi connectivity index (χ2n) is 3.00. The van der Waals surface area contributed by atoms with Crippen LogP contribution in [0, 0.1) is 0 Å². The average molecular weight is 176 g/mol. The molecule has 0 amide bonds. The molecule has 0 aliphatic rings. The molecule has 0 fully saturated rings. The summed E-state index contributed by atoms with van der Waals surface area (Å²) in [6.07, 6.45) is 6.17. The molecule has 13 heavy (non-hydrogen) atoms. The molecule has 0 radical (unpaired) electrons. The van der Waals surface area contributed by atoms with E-state index in [2.05, 4.69) is 19.1 Å². The smallest absolute Gasteiger partial charge is 0.0583 e. The summed E-state index contributed by atoms with van der Waals surface area (Å²) in [7, 11) is 0. The van der Waals surface area contributed by atoms with Crippen molar-refractivity contribution in [3.05, 3.63) is 35.9 Å². The van der Waals surface area contributed by atoms with Gasteiger partial charge in [0.2, 0.25) is 0 Å². The van der Waals surface area contributed by atoms with Crippen molar-refractivity contribution in [3.63, 3.8) is 0 Å². The number of hydrogen-bond acceptors (Lipinski definition) is 2. The first-order valence-corrected chi connectivity index (χ1v) is 4.53. The Hall–Kier alpha value is -1.44. The van der Waals surface area contributed by atoms with Gasteiger partial charge in [0.15, 0.2) is 0 Å². The van der Waals surface area contributed by atoms with Gasteiger partial charge in [0.1, 0.15) is 0 Å². The zero-order valence-corrected chi connectivity index (χ0v) is 7.96.